The number of hydrogen-bond donors (Lipinski definition) is 1. The van der Waals surface area contributed by atoms with Gasteiger partial charge < -0.3 is 20.1 Å². The number of halogens is 1. The fraction of sp³-hybridized carbons (Fsp3) is 0.533. The first-order chi connectivity index (χ1) is 9.88. The molecule has 2 rings (SSSR count). The van der Waals surface area contributed by atoms with Crippen molar-refractivity contribution in [3.05, 3.63) is 28.8 Å². The fourth-order valence-electron chi connectivity index (χ4n) is 2.47. The molecule has 116 valence electrons. The maximum atomic E-state index is 10.7. The minimum absolute atomic E-state index is 0.169. The summed E-state index contributed by atoms with van der Waals surface area (Å²) in [6.07, 6.45) is 0. The summed E-state index contributed by atoms with van der Waals surface area (Å²) in [7, 11) is 2.08. The van der Waals surface area contributed by atoms with Crippen molar-refractivity contribution in [3.8, 4) is 5.75 Å². The summed E-state index contributed by atoms with van der Waals surface area (Å²) in [6.45, 7) is 5.46. The lowest BCUT2D eigenvalue weighted by atomic mass is 9.88. The van der Waals surface area contributed by atoms with Gasteiger partial charge >= 0.3 is 0 Å². The lowest BCUT2D eigenvalue weighted by molar-refractivity contribution is -0.119. The maximum absolute atomic E-state index is 10.7. The summed E-state index contributed by atoms with van der Waals surface area (Å²) < 4.78 is 10.5. The molecule has 0 aliphatic carbocycles. The number of hydrogen-bond acceptors (Lipinski definition) is 4. The lowest BCUT2D eigenvalue weighted by Gasteiger charge is -2.40. The average molecular weight is 313 g/mol. The Morgan fingerprint density at radius 1 is 1.52 bits per heavy atom. The van der Waals surface area contributed by atoms with Gasteiger partial charge in [0.25, 0.3) is 5.91 Å². The highest BCUT2D eigenvalue weighted by atomic mass is 35.5. The number of benzene rings is 1. The number of carbonyl (C=O) groups is 1. The third-order valence-electron chi connectivity index (χ3n) is 3.37. The largest absolute Gasteiger partial charge is 0.482 e. The Bertz CT molecular complexity index is 518. The van der Waals surface area contributed by atoms with Crippen LogP contribution in [0.3, 0.4) is 0 Å². The Balaban J connectivity index is 1.91. The highest BCUT2D eigenvalue weighted by Crippen LogP contribution is 2.29. The summed E-state index contributed by atoms with van der Waals surface area (Å²) in [5.74, 6) is -0.0490. The highest BCUT2D eigenvalue weighted by Gasteiger charge is 2.34. The van der Waals surface area contributed by atoms with Gasteiger partial charge in [0.15, 0.2) is 6.61 Å². The van der Waals surface area contributed by atoms with Crippen molar-refractivity contribution in [2.75, 3.05) is 33.4 Å². The van der Waals surface area contributed by atoms with Crippen molar-refractivity contribution in [2.24, 2.45) is 11.1 Å². The third kappa shape index (κ3) is 4.59. The molecule has 21 heavy (non-hydrogen) atoms. The Morgan fingerprint density at radius 3 is 2.76 bits per heavy atom. The van der Waals surface area contributed by atoms with Crippen molar-refractivity contribution >= 4 is 17.5 Å². The second-order valence-electron chi connectivity index (χ2n) is 6.00. The molecule has 0 aromatic heterocycles. The second-order valence-corrected chi connectivity index (χ2v) is 6.40. The Labute approximate surface area is 130 Å². The van der Waals surface area contributed by atoms with Crippen molar-refractivity contribution < 1.29 is 14.3 Å². The molecule has 5 nitrogen and oxygen atoms in total. The number of nitrogens with two attached hydrogens (primary N) is 1. The van der Waals surface area contributed by atoms with E-state index in [4.69, 9.17) is 26.8 Å². The highest BCUT2D eigenvalue weighted by molar-refractivity contribution is 6.32. The van der Waals surface area contributed by atoms with Crippen LogP contribution in [0.4, 0.5) is 0 Å². The summed E-state index contributed by atoms with van der Waals surface area (Å²) in [6, 6.07) is 5.56. The van der Waals surface area contributed by atoms with Crippen LogP contribution in [-0.2, 0) is 16.1 Å². The van der Waals surface area contributed by atoms with Crippen LogP contribution in [0.5, 0.6) is 5.75 Å². The summed E-state index contributed by atoms with van der Waals surface area (Å²) >= 11 is 6.15. The summed E-state index contributed by atoms with van der Waals surface area (Å²) in [5.41, 5.74) is 6.39. The molecule has 1 aliphatic rings. The van der Waals surface area contributed by atoms with Crippen LogP contribution >= 0.6 is 11.6 Å². The van der Waals surface area contributed by atoms with Crippen LogP contribution in [0.1, 0.15) is 12.5 Å². The molecule has 0 unspecified atom stereocenters. The van der Waals surface area contributed by atoms with E-state index < -0.39 is 5.91 Å². The zero-order chi connectivity index (χ0) is 15.5. The maximum Gasteiger partial charge on any atom is 0.255 e. The molecule has 0 radical (unpaired) electrons. The number of ether oxygens (including phenoxy) is 2. The van der Waals surface area contributed by atoms with E-state index in [1.165, 1.54) is 0 Å². The standard InChI is InChI=1S/C15H21ClN2O3/c1-15(9-20-10-15)8-18(2)6-11-3-4-13(12(16)5-11)21-7-14(17)19/h3-5H,6-10H2,1-2H3,(H2,17,19). The molecular formula is C15H21ClN2O3. The Hall–Kier alpha value is -1.30. The first-order valence-electron chi connectivity index (χ1n) is 6.84. The molecule has 1 aliphatic heterocycles. The average Bonchev–Trinajstić information content (AvgIpc) is 2.35. The van der Waals surface area contributed by atoms with E-state index in [9.17, 15) is 4.79 Å². The monoisotopic (exact) mass is 312 g/mol. The van der Waals surface area contributed by atoms with E-state index in [1.807, 2.05) is 12.1 Å². The van der Waals surface area contributed by atoms with Gasteiger partial charge in [-0.2, -0.15) is 0 Å². The molecule has 1 heterocycles. The normalized spacial score (nSPS) is 16.6. The van der Waals surface area contributed by atoms with Gasteiger partial charge in [-0.15, -0.1) is 0 Å². The number of nitrogens with zero attached hydrogens (tertiary/aromatic N) is 1. The Morgan fingerprint density at radius 2 is 2.24 bits per heavy atom. The van der Waals surface area contributed by atoms with E-state index in [2.05, 4.69) is 18.9 Å². The predicted octanol–water partition coefficient (Wildman–Crippen LogP) is 1.67. The molecule has 1 saturated heterocycles. The minimum atomic E-state index is -0.522. The molecule has 0 spiro atoms. The minimum Gasteiger partial charge on any atom is -0.482 e. The van der Waals surface area contributed by atoms with Crippen LogP contribution in [0, 0.1) is 5.41 Å². The molecule has 1 aromatic rings. The molecule has 1 amide bonds. The predicted molar refractivity (Wildman–Crippen MR) is 81.4 cm³/mol. The fourth-order valence-corrected chi connectivity index (χ4v) is 2.73. The van der Waals surface area contributed by atoms with E-state index in [-0.39, 0.29) is 12.0 Å². The van der Waals surface area contributed by atoms with Gasteiger partial charge in [0, 0.05) is 18.5 Å². The first-order valence-corrected chi connectivity index (χ1v) is 7.22. The van der Waals surface area contributed by atoms with E-state index >= 15 is 0 Å². The zero-order valence-corrected chi connectivity index (χ0v) is 13.2. The second kappa shape index (κ2) is 6.64. The van der Waals surface area contributed by atoms with Gasteiger partial charge in [-0.05, 0) is 24.7 Å². The molecule has 0 bridgehead atoms. The molecule has 1 fully saturated rings. The van der Waals surface area contributed by atoms with Crippen LogP contribution in [0.25, 0.3) is 0 Å². The van der Waals surface area contributed by atoms with Crippen molar-refractivity contribution in [1.29, 1.82) is 0 Å². The first kappa shape index (κ1) is 16.1. The van der Waals surface area contributed by atoms with Crippen LogP contribution in [-0.4, -0.2) is 44.2 Å². The number of carbonyl (C=O) groups excluding carboxylic acids is 1. The molecule has 1 aromatic carbocycles. The smallest absolute Gasteiger partial charge is 0.255 e. The van der Waals surface area contributed by atoms with Crippen LogP contribution < -0.4 is 10.5 Å². The van der Waals surface area contributed by atoms with Gasteiger partial charge in [-0.25, -0.2) is 0 Å². The van der Waals surface area contributed by atoms with Crippen molar-refractivity contribution in [3.63, 3.8) is 0 Å². The quantitative estimate of drug-likeness (QED) is 0.832. The molecule has 6 heteroatoms. The number of primary amides is 1. The van der Waals surface area contributed by atoms with Gasteiger partial charge in [0.05, 0.1) is 18.2 Å². The lowest BCUT2D eigenvalue weighted by Crippen LogP contribution is -2.47. The topological polar surface area (TPSA) is 64.8 Å². The van der Waals surface area contributed by atoms with Crippen molar-refractivity contribution in [1.82, 2.24) is 4.90 Å². The Kier molecular flexibility index (Phi) is 5.08. The van der Waals surface area contributed by atoms with Crippen LogP contribution in [0.15, 0.2) is 18.2 Å². The van der Waals surface area contributed by atoms with E-state index in [0.29, 0.717) is 10.8 Å². The van der Waals surface area contributed by atoms with Gasteiger partial charge in [-0.1, -0.05) is 24.6 Å². The SMILES string of the molecule is CN(Cc1ccc(OCC(N)=O)c(Cl)c1)CC1(C)COC1. The van der Waals surface area contributed by atoms with Gasteiger partial charge in [-0.3, -0.25) is 4.79 Å². The summed E-state index contributed by atoms with van der Waals surface area (Å²) in [5, 5.41) is 0.486. The molecule has 2 N–H and O–H groups in total. The summed E-state index contributed by atoms with van der Waals surface area (Å²) in [4.78, 5) is 12.9. The third-order valence-corrected chi connectivity index (χ3v) is 3.67. The molecular weight excluding hydrogens is 292 g/mol. The number of amides is 1. The molecule has 0 atom stereocenters. The molecule has 0 saturated carbocycles. The van der Waals surface area contributed by atoms with Crippen LogP contribution in [0.2, 0.25) is 5.02 Å². The van der Waals surface area contributed by atoms with E-state index in [1.54, 1.807) is 6.07 Å². The van der Waals surface area contributed by atoms with Gasteiger partial charge in [0.2, 0.25) is 0 Å². The van der Waals surface area contributed by atoms with Crippen molar-refractivity contribution in [2.45, 2.75) is 13.5 Å². The number of rotatable bonds is 7. The zero-order valence-electron chi connectivity index (χ0n) is 12.4. The van der Waals surface area contributed by atoms with Gasteiger partial charge in [0.1, 0.15) is 5.75 Å². The van der Waals surface area contributed by atoms with E-state index in [0.717, 1.165) is 31.9 Å².